The monoisotopic (exact) mass is 298 g/mol. The van der Waals surface area contributed by atoms with Gasteiger partial charge in [-0.15, -0.1) is 10.2 Å². The summed E-state index contributed by atoms with van der Waals surface area (Å²) in [4.78, 5) is 12.5. The van der Waals surface area contributed by atoms with Crippen LogP contribution in [0.2, 0.25) is 0 Å². The van der Waals surface area contributed by atoms with Crippen molar-refractivity contribution in [2.75, 3.05) is 5.32 Å². The van der Waals surface area contributed by atoms with Crippen molar-refractivity contribution >= 4 is 39.6 Å². The number of nitrogens with zero attached hydrogens (tertiary/aromatic N) is 2. The molecule has 19 heavy (non-hydrogen) atoms. The van der Waals surface area contributed by atoms with Crippen LogP contribution in [0.15, 0.2) is 0 Å². The molecule has 1 aliphatic rings. The predicted molar refractivity (Wildman–Crippen MR) is 80.2 cm³/mol. The minimum absolute atomic E-state index is 0.140. The molecular formula is C12H18N4OS2. The maximum atomic E-state index is 12.2. The van der Waals surface area contributed by atoms with E-state index in [1.165, 1.54) is 11.3 Å². The Morgan fingerprint density at radius 2 is 2.21 bits per heavy atom. The number of aromatic nitrogens is 2. The molecule has 0 bridgehead atoms. The molecule has 0 atom stereocenters. The average Bonchev–Trinajstić information content (AvgIpc) is 2.61. The van der Waals surface area contributed by atoms with Crippen molar-refractivity contribution in [1.29, 1.82) is 0 Å². The van der Waals surface area contributed by atoms with Crippen LogP contribution in [0.4, 0.5) is 5.13 Å². The number of hydrogen-bond acceptors (Lipinski definition) is 5. The van der Waals surface area contributed by atoms with E-state index in [1.807, 2.05) is 0 Å². The highest BCUT2D eigenvalue weighted by molar-refractivity contribution is 7.80. The van der Waals surface area contributed by atoms with Gasteiger partial charge in [-0.1, -0.05) is 43.8 Å². The number of hydrogen-bond donors (Lipinski definition) is 2. The summed E-state index contributed by atoms with van der Waals surface area (Å²) in [5.41, 5.74) is 5.03. The maximum absolute atomic E-state index is 12.2. The van der Waals surface area contributed by atoms with Crippen LogP contribution in [0.25, 0.3) is 0 Å². The van der Waals surface area contributed by atoms with Crippen molar-refractivity contribution in [3.05, 3.63) is 5.01 Å². The highest BCUT2D eigenvalue weighted by atomic mass is 32.1. The van der Waals surface area contributed by atoms with Gasteiger partial charge in [0.25, 0.3) is 0 Å². The summed E-state index contributed by atoms with van der Waals surface area (Å²) >= 11 is 6.43. The van der Waals surface area contributed by atoms with E-state index in [-0.39, 0.29) is 10.9 Å². The molecular weight excluding hydrogens is 280 g/mol. The van der Waals surface area contributed by atoms with Gasteiger partial charge in [-0.05, 0) is 18.8 Å². The Kier molecular flexibility index (Phi) is 4.15. The molecule has 1 aliphatic carbocycles. The zero-order valence-electron chi connectivity index (χ0n) is 11.1. The summed E-state index contributed by atoms with van der Waals surface area (Å²) in [6, 6.07) is 0. The van der Waals surface area contributed by atoms with E-state index in [0.29, 0.717) is 11.0 Å². The molecule has 0 aromatic carbocycles. The quantitative estimate of drug-likeness (QED) is 0.814. The molecule has 104 valence electrons. The first kappa shape index (κ1) is 14.3. The summed E-state index contributed by atoms with van der Waals surface area (Å²) in [6.07, 6.45) is 3.31. The van der Waals surface area contributed by atoms with Gasteiger partial charge in [0.1, 0.15) is 5.01 Å². The summed E-state index contributed by atoms with van der Waals surface area (Å²) in [7, 11) is 0. The molecule has 0 aliphatic heterocycles. The van der Waals surface area contributed by atoms with Gasteiger partial charge in [0.15, 0.2) is 0 Å². The molecule has 0 radical (unpaired) electrons. The summed E-state index contributed by atoms with van der Waals surface area (Å²) in [6.45, 7) is 4.24. The van der Waals surface area contributed by atoms with Crippen LogP contribution in [-0.2, 0) is 11.2 Å². The van der Waals surface area contributed by atoms with Gasteiger partial charge in [-0.25, -0.2) is 0 Å². The van der Waals surface area contributed by atoms with E-state index >= 15 is 0 Å². The van der Waals surface area contributed by atoms with E-state index in [1.54, 1.807) is 0 Å². The Morgan fingerprint density at radius 1 is 1.53 bits per heavy atom. The largest absolute Gasteiger partial charge is 0.392 e. The Bertz CT molecular complexity index is 494. The molecule has 1 fully saturated rings. The molecule has 0 saturated heterocycles. The molecule has 1 aromatic rings. The molecule has 1 amide bonds. The van der Waals surface area contributed by atoms with E-state index < -0.39 is 5.41 Å². The summed E-state index contributed by atoms with van der Waals surface area (Å²) in [5, 5.41) is 12.3. The van der Waals surface area contributed by atoms with Gasteiger partial charge < -0.3 is 5.73 Å². The van der Waals surface area contributed by atoms with Crippen molar-refractivity contribution in [2.45, 2.75) is 39.5 Å². The zero-order chi connectivity index (χ0) is 14.0. The van der Waals surface area contributed by atoms with Gasteiger partial charge in [0, 0.05) is 6.42 Å². The van der Waals surface area contributed by atoms with E-state index in [0.717, 1.165) is 30.7 Å². The number of anilines is 1. The molecule has 1 aromatic heterocycles. The van der Waals surface area contributed by atoms with Crippen LogP contribution in [0, 0.1) is 11.3 Å². The van der Waals surface area contributed by atoms with Gasteiger partial charge in [0.2, 0.25) is 11.0 Å². The second-order valence-electron chi connectivity index (χ2n) is 5.35. The van der Waals surface area contributed by atoms with Gasteiger partial charge in [-0.3, -0.25) is 10.1 Å². The van der Waals surface area contributed by atoms with Crippen molar-refractivity contribution < 1.29 is 4.79 Å². The Balaban J connectivity index is 2.03. The van der Waals surface area contributed by atoms with E-state index in [2.05, 4.69) is 29.4 Å². The molecule has 1 heterocycles. The number of amides is 1. The van der Waals surface area contributed by atoms with Crippen LogP contribution in [0.3, 0.4) is 0 Å². The van der Waals surface area contributed by atoms with E-state index in [9.17, 15) is 4.79 Å². The Hall–Kier alpha value is -1.08. The lowest BCUT2D eigenvalue weighted by Gasteiger charge is -2.38. The topological polar surface area (TPSA) is 80.9 Å². The molecule has 7 heteroatoms. The van der Waals surface area contributed by atoms with Crippen molar-refractivity contribution in [3.63, 3.8) is 0 Å². The first-order chi connectivity index (χ1) is 8.94. The Morgan fingerprint density at radius 3 is 2.68 bits per heavy atom. The van der Waals surface area contributed by atoms with Crippen molar-refractivity contribution in [2.24, 2.45) is 17.1 Å². The number of rotatable bonds is 5. The SMILES string of the molecule is CC(C)Cc1nnc(NC(=O)C2(C(N)=S)CCC2)s1. The predicted octanol–water partition coefficient (Wildman–Crippen LogP) is 2.13. The van der Waals surface area contributed by atoms with Crippen LogP contribution in [0.5, 0.6) is 0 Å². The molecule has 2 rings (SSSR count). The van der Waals surface area contributed by atoms with Gasteiger partial charge in [-0.2, -0.15) is 0 Å². The third-order valence-corrected chi connectivity index (χ3v) is 4.64. The molecule has 1 saturated carbocycles. The second-order valence-corrected chi connectivity index (χ2v) is 6.85. The maximum Gasteiger partial charge on any atom is 0.239 e. The standard InChI is InChI=1S/C12H18N4OS2/c1-7(2)6-8-15-16-11(19-8)14-10(17)12(9(13)18)4-3-5-12/h7H,3-6H2,1-2H3,(H2,13,18)(H,14,16,17). The smallest absolute Gasteiger partial charge is 0.239 e. The highest BCUT2D eigenvalue weighted by Gasteiger charge is 2.47. The van der Waals surface area contributed by atoms with Gasteiger partial charge in [0.05, 0.1) is 10.4 Å². The molecule has 0 spiro atoms. The van der Waals surface area contributed by atoms with Gasteiger partial charge >= 0.3 is 0 Å². The fraction of sp³-hybridized carbons (Fsp3) is 0.667. The number of carbonyl (C=O) groups excluding carboxylic acids is 1. The second kappa shape index (κ2) is 5.50. The lowest BCUT2D eigenvalue weighted by molar-refractivity contribution is -0.125. The first-order valence-corrected chi connectivity index (χ1v) is 7.60. The molecule has 3 N–H and O–H groups in total. The van der Waals surface area contributed by atoms with Crippen LogP contribution in [0.1, 0.15) is 38.1 Å². The fourth-order valence-electron chi connectivity index (χ4n) is 2.07. The number of carbonyl (C=O) groups is 1. The minimum atomic E-state index is -0.667. The normalized spacial score (nSPS) is 17.0. The fourth-order valence-corrected chi connectivity index (χ4v) is 3.31. The van der Waals surface area contributed by atoms with Crippen LogP contribution >= 0.6 is 23.6 Å². The number of nitrogens with one attached hydrogen (secondary N) is 1. The van der Waals surface area contributed by atoms with E-state index in [4.69, 9.17) is 18.0 Å². The molecule has 5 nitrogen and oxygen atoms in total. The summed E-state index contributed by atoms with van der Waals surface area (Å²) < 4.78 is 0. The minimum Gasteiger partial charge on any atom is -0.392 e. The third kappa shape index (κ3) is 2.92. The average molecular weight is 298 g/mol. The lowest BCUT2D eigenvalue weighted by atomic mass is 9.68. The Labute approximate surface area is 122 Å². The zero-order valence-corrected chi connectivity index (χ0v) is 12.7. The number of thiocarbonyl (C=S) groups is 1. The summed E-state index contributed by atoms with van der Waals surface area (Å²) in [5.74, 6) is 0.379. The third-order valence-electron chi connectivity index (χ3n) is 3.38. The van der Waals surface area contributed by atoms with Crippen LogP contribution in [-0.4, -0.2) is 21.1 Å². The van der Waals surface area contributed by atoms with Crippen molar-refractivity contribution in [1.82, 2.24) is 10.2 Å². The molecule has 0 unspecified atom stereocenters. The lowest BCUT2D eigenvalue weighted by Crippen LogP contribution is -2.50. The highest BCUT2D eigenvalue weighted by Crippen LogP contribution is 2.42. The number of nitrogens with two attached hydrogens (primary N) is 1. The van der Waals surface area contributed by atoms with Crippen LogP contribution < -0.4 is 11.1 Å². The first-order valence-electron chi connectivity index (χ1n) is 6.38. The van der Waals surface area contributed by atoms with Crippen molar-refractivity contribution in [3.8, 4) is 0 Å².